The second kappa shape index (κ2) is 1.78. The molecule has 10 heavy (non-hydrogen) atoms. The third-order valence-corrected chi connectivity index (χ3v) is 1.95. The van der Waals surface area contributed by atoms with Gasteiger partial charge in [0.25, 0.3) is 0 Å². The van der Waals surface area contributed by atoms with Crippen molar-refractivity contribution in [1.82, 2.24) is 0 Å². The quantitative estimate of drug-likeness (QED) is 0.643. The predicted octanol–water partition coefficient (Wildman–Crippen LogP) is 2.05. The van der Waals surface area contributed by atoms with Crippen molar-refractivity contribution in [1.29, 1.82) is 0 Å². The molecule has 1 heterocycles. The van der Waals surface area contributed by atoms with Gasteiger partial charge in [-0.3, -0.25) is 0 Å². The molecule has 2 heteroatoms. The summed E-state index contributed by atoms with van der Waals surface area (Å²) < 4.78 is 5.32. The van der Waals surface area contributed by atoms with E-state index in [0.717, 1.165) is 11.3 Å². The molecule has 54 valence electrons. The molecule has 0 unspecified atom stereocenters. The molecule has 2 rings (SSSR count). The Kier molecular flexibility index (Phi) is 1.04. The summed E-state index contributed by atoms with van der Waals surface area (Å²) in [7, 11) is 0. The van der Waals surface area contributed by atoms with Gasteiger partial charge in [0.15, 0.2) is 5.88 Å². The standard InChI is InChI=1S/C8H11NO/c1-5-4-7(6-2-3-6)10-8(5)9/h4,6H,2-3,9H2,1H3. The summed E-state index contributed by atoms with van der Waals surface area (Å²) in [5, 5.41) is 0. The monoisotopic (exact) mass is 137 g/mol. The van der Waals surface area contributed by atoms with Crippen LogP contribution in [0.15, 0.2) is 10.5 Å². The number of nitrogen functional groups attached to an aromatic ring is 1. The van der Waals surface area contributed by atoms with Crippen molar-refractivity contribution < 1.29 is 4.42 Å². The first-order valence-corrected chi connectivity index (χ1v) is 3.63. The smallest absolute Gasteiger partial charge is 0.193 e. The van der Waals surface area contributed by atoms with Crippen LogP contribution in [0.3, 0.4) is 0 Å². The summed E-state index contributed by atoms with van der Waals surface area (Å²) in [6.45, 7) is 1.98. The van der Waals surface area contributed by atoms with Crippen molar-refractivity contribution in [2.45, 2.75) is 25.7 Å². The highest BCUT2D eigenvalue weighted by atomic mass is 16.4. The second-order valence-electron chi connectivity index (χ2n) is 2.97. The maximum Gasteiger partial charge on any atom is 0.193 e. The first-order chi connectivity index (χ1) is 4.77. The zero-order valence-corrected chi connectivity index (χ0v) is 6.05. The van der Waals surface area contributed by atoms with Gasteiger partial charge in [0.05, 0.1) is 0 Å². The minimum Gasteiger partial charge on any atom is -0.445 e. The van der Waals surface area contributed by atoms with Gasteiger partial charge in [-0.25, -0.2) is 0 Å². The summed E-state index contributed by atoms with van der Waals surface area (Å²) >= 11 is 0. The molecule has 0 radical (unpaired) electrons. The number of furan rings is 1. The van der Waals surface area contributed by atoms with E-state index in [9.17, 15) is 0 Å². The number of hydrogen-bond acceptors (Lipinski definition) is 2. The zero-order valence-electron chi connectivity index (χ0n) is 6.05. The maximum absolute atomic E-state index is 5.54. The van der Waals surface area contributed by atoms with Crippen molar-refractivity contribution in [2.24, 2.45) is 0 Å². The highest BCUT2D eigenvalue weighted by Gasteiger charge is 2.27. The SMILES string of the molecule is Cc1cc(C2CC2)oc1N. The fraction of sp³-hybridized carbons (Fsp3) is 0.500. The van der Waals surface area contributed by atoms with Crippen LogP contribution in [0, 0.1) is 6.92 Å². The Morgan fingerprint density at radius 3 is 2.70 bits per heavy atom. The lowest BCUT2D eigenvalue weighted by Crippen LogP contribution is -1.80. The Hall–Kier alpha value is -0.920. The van der Waals surface area contributed by atoms with Gasteiger partial charge in [-0.05, 0) is 25.8 Å². The van der Waals surface area contributed by atoms with Gasteiger partial charge in [-0.2, -0.15) is 0 Å². The molecule has 0 amide bonds. The number of anilines is 1. The Morgan fingerprint density at radius 2 is 2.30 bits per heavy atom. The Morgan fingerprint density at radius 1 is 1.60 bits per heavy atom. The molecular formula is C8H11NO. The summed E-state index contributed by atoms with van der Waals surface area (Å²) in [6.07, 6.45) is 2.54. The number of nitrogens with two attached hydrogens (primary N) is 1. The van der Waals surface area contributed by atoms with Gasteiger partial charge in [-0.15, -0.1) is 0 Å². The van der Waals surface area contributed by atoms with E-state index in [2.05, 4.69) is 0 Å². The molecular weight excluding hydrogens is 126 g/mol. The summed E-state index contributed by atoms with van der Waals surface area (Å²) in [5.74, 6) is 2.34. The summed E-state index contributed by atoms with van der Waals surface area (Å²) in [6, 6.07) is 2.05. The van der Waals surface area contributed by atoms with Crippen LogP contribution >= 0.6 is 0 Å². The minimum absolute atomic E-state index is 0.585. The highest BCUT2D eigenvalue weighted by molar-refractivity contribution is 5.38. The van der Waals surface area contributed by atoms with Crippen molar-refractivity contribution in [3.63, 3.8) is 0 Å². The fourth-order valence-electron chi connectivity index (χ4n) is 1.09. The van der Waals surface area contributed by atoms with Gasteiger partial charge in [0.1, 0.15) is 5.76 Å². The lowest BCUT2D eigenvalue weighted by Gasteiger charge is -1.85. The van der Waals surface area contributed by atoms with Gasteiger partial charge in [0, 0.05) is 11.5 Å². The van der Waals surface area contributed by atoms with Gasteiger partial charge in [-0.1, -0.05) is 0 Å². The van der Waals surface area contributed by atoms with Crippen LogP contribution < -0.4 is 5.73 Å². The average molecular weight is 137 g/mol. The third-order valence-electron chi connectivity index (χ3n) is 1.95. The molecule has 1 fully saturated rings. The van der Waals surface area contributed by atoms with Crippen molar-refractivity contribution >= 4 is 5.88 Å². The zero-order chi connectivity index (χ0) is 7.14. The third kappa shape index (κ3) is 0.801. The summed E-state index contributed by atoms with van der Waals surface area (Å²) in [5.41, 5.74) is 6.61. The second-order valence-corrected chi connectivity index (χ2v) is 2.97. The molecule has 1 saturated carbocycles. The average Bonchev–Trinajstić information content (AvgIpc) is 2.64. The van der Waals surface area contributed by atoms with E-state index in [1.807, 2.05) is 13.0 Å². The molecule has 0 spiro atoms. The maximum atomic E-state index is 5.54. The lowest BCUT2D eigenvalue weighted by atomic mass is 10.3. The minimum atomic E-state index is 0.585. The van der Waals surface area contributed by atoms with E-state index in [4.69, 9.17) is 10.2 Å². The van der Waals surface area contributed by atoms with E-state index in [1.54, 1.807) is 0 Å². The van der Waals surface area contributed by atoms with Crippen LogP contribution in [-0.2, 0) is 0 Å². The highest BCUT2D eigenvalue weighted by Crippen LogP contribution is 2.41. The van der Waals surface area contributed by atoms with E-state index < -0.39 is 0 Å². The Bertz CT molecular complexity index is 228. The van der Waals surface area contributed by atoms with Crippen LogP contribution in [0.5, 0.6) is 0 Å². The van der Waals surface area contributed by atoms with Crippen molar-refractivity contribution in [3.05, 3.63) is 17.4 Å². The lowest BCUT2D eigenvalue weighted by molar-refractivity contribution is 0.529. The van der Waals surface area contributed by atoms with Crippen LogP contribution in [0.25, 0.3) is 0 Å². The molecule has 1 aliphatic rings. The number of rotatable bonds is 1. The molecule has 2 nitrogen and oxygen atoms in total. The molecule has 0 saturated heterocycles. The van der Waals surface area contributed by atoms with Crippen molar-refractivity contribution in [2.75, 3.05) is 5.73 Å². The fourth-order valence-corrected chi connectivity index (χ4v) is 1.09. The van der Waals surface area contributed by atoms with E-state index in [-0.39, 0.29) is 0 Å². The predicted molar refractivity (Wildman–Crippen MR) is 39.8 cm³/mol. The Balaban J connectivity index is 2.34. The topological polar surface area (TPSA) is 39.2 Å². The number of hydrogen-bond donors (Lipinski definition) is 1. The molecule has 0 aliphatic heterocycles. The van der Waals surface area contributed by atoms with Crippen LogP contribution in [0.2, 0.25) is 0 Å². The van der Waals surface area contributed by atoms with Crippen LogP contribution in [0.1, 0.15) is 30.1 Å². The molecule has 0 bridgehead atoms. The molecule has 0 atom stereocenters. The van der Waals surface area contributed by atoms with Gasteiger partial charge in [0.2, 0.25) is 0 Å². The molecule has 1 aliphatic carbocycles. The normalized spacial score (nSPS) is 17.7. The van der Waals surface area contributed by atoms with Gasteiger partial charge >= 0.3 is 0 Å². The van der Waals surface area contributed by atoms with E-state index in [1.165, 1.54) is 12.8 Å². The molecule has 1 aromatic rings. The van der Waals surface area contributed by atoms with E-state index >= 15 is 0 Å². The van der Waals surface area contributed by atoms with Gasteiger partial charge < -0.3 is 10.2 Å². The number of aryl methyl sites for hydroxylation is 1. The largest absolute Gasteiger partial charge is 0.445 e. The van der Waals surface area contributed by atoms with Crippen LogP contribution in [-0.4, -0.2) is 0 Å². The molecule has 2 N–H and O–H groups in total. The van der Waals surface area contributed by atoms with E-state index in [0.29, 0.717) is 11.8 Å². The first kappa shape index (κ1) is 5.83. The summed E-state index contributed by atoms with van der Waals surface area (Å²) in [4.78, 5) is 0. The molecule has 1 aromatic heterocycles. The van der Waals surface area contributed by atoms with Crippen molar-refractivity contribution in [3.8, 4) is 0 Å². The molecule has 0 aromatic carbocycles. The first-order valence-electron chi connectivity index (χ1n) is 3.63. The van der Waals surface area contributed by atoms with Crippen LogP contribution in [0.4, 0.5) is 5.88 Å². The Labute approximate surface area is 60.0 Å².